The highest BCUT2D eigenvalue weighted by molar-refractivity contribution is 6.30. The molecule has 0 aliphatic rings. The van der Waals surface area contributed by atoms with Crippen molar-refractivity contribution in [2.75, 3.05) is 0 Å². The van der Waals surface area contributed by atoms with Crippen LogP contribution < -0.4 is 0 Å². The molecule has 0 aliphatic carbocycles. The molecule has 2 aromatic carbocycles. The summed E-state index contributed by atoms with van der Waals surface area (Å²) in [5.41, 5.74) is -0.169. The summed E-state index contributed by atoms with van der Waals surface area (Å²) in [7, 11) is 0. The van der Waals surface area contributed by atoms with Gasteiger partial charge in [0.15, 0.2) is 0 Å². The third-order valence-corrected chi connectivity index (χ3v) is 3.75. The number of hydrogen-bond acceptors (Lipinski definition) is 3. The number of halogens is 2. The Morgan fingerprint density at radius 2 is 1.64 bits per heavy atom. The van der Waals surface area contributed by atoms with E-state index in [4.69, 9.17) is 11.6 Å². The minimum Gasteiger partial charge on any atom is -0.378 e. The SMILES string of the molecule is O[C@@](Cn1cncn1)(c1ccc(F)cc1)c1ccc(Cl)cc1. The average Bonchev–Trinajstić information content (AvgIpc) is 3.01. The Kier molecular flexibility index (Phi) is 3.92. The van der Waals surface area contributed by atoms with Crippen LogP contribution in [0.4, 0.5) is 4.39 Å². The van der Waals surface area contributed by atoms with Crippen LogP contribution in [-0.2, 0) is 12.1 Å². The van der Waals surface area contributed by atoms with Gasteiger partial charge in [-0.2, -0.15) is 5.10 Å². The Bertz CT molecular complexity index is 697. The van der Waals surface area contributed by atoms with Crippen molar-refractivity contribution < 1.29 is 9.50 Å². The molecule has 1 N–H and O–H groups in total. The third kappa shape index (κ3) is 2.86. The largest absolute Gasteiger partial charge is 0.378 e. The summed E-state index contributed by atoms with van der Waals surface area (Å²) < 4.78 is 14.7. The van der Waals surface area contributed by atoms with Crippen LogP contribution in [0.15, 0.2) is 61.2 Å². The zero-order chi connectivity index (χ0) is 15.6. The minimum absolute atomic E-state index is 0.153. The van der Waals surface area contributed by atoms with Crippen molar-refractivity contribution in [2.24, 2.45) is 0 Å². The molecule has 0 unspecified atom stereocenters. The Morgan fingerprint density at radius 1 is 1.05 bits per heavy atom. The maximum absolute atomic E-state index is 13.2. The van der Waals surface area contributed by atoms with E-state index in [9.17, 15) is 9.50 Å². The molecule has 22 heavy (non-hydrogen) atoms. The number of nitrogens with zero attached hydrogens (tertiary/aromatic N) is 3. The summed E-state index contributed by atoms with van der Waals surface area (Å²) in [6, 6.07) is 12.6. The molecule has 3 rings (SSSR count). The zero-order valence-electron chi connectivity index (χ0n) is 11.5. The fraction of sp³-hybridized carbons (Fsp3) is 0.125. The minimum atomic E-state index is -1.37. The van der Waals surface area contributed by atoms with Crippen molar-refractivity contribution in [1.29, 1.82) is 0 Å². The van der Waals surface area contributed by atoms with Crippen molar-refractivity contribution in [1.82, 2.24) is 14.8 Å². The molecule has 0 fully saturated rings. The van der Waals surface area contributed by atoms with E-state index in [-0.39, 0.29) is 12.4 Å². The van der Waals surface area contributed by atoms with Gasteiger partial charge in [-0.3, -0.25) is 0 Å². The predicted molar refractivity (Wildman–Crippen MR) is 80.9 cm³/mol. The Morgan fingerprint density at radius 3 is 2.18 bits per heavy atom. The molecule has 0 amide bonds. The van der Waals surface area contributed by atoms with Gasteiger partial charge in [-0.05, 0) is 35.4 Å². The van der Waals surface area contributed by atoms with E-state index in [0.717, 1.165) is 0 Å². The van der Waals surface area contributed by atoms with E-state index >= 15 is 0 Å². The van der Waals surface area contributed by atoms with Gasteiger partial charge in [-0.25, -0.2) is 14.1 Å². The molecule has 0 spiro atoms. The van der Waals surface area contributed by atoms with Gasteiger partial charge in [0, 0.05) is 5.02 Å². The molecule has 1 atom stereocenters. The number of rotatable bonds is 4. The van der Waals surface area contributed by atoms with Gasteiger partial charge < -0.3 is 5.11 Å². The average molecular weight is 318 g/mol. The second kappa shape index (κ2) is 5.87. The van der Waals surface area contributed by atoms with Crippen LogP contribution in [-0.4, -0.2) is 19.9 Å². The van der Waals surface area contributed by atoms with Gasteiger partial charge in [-0.1, -0.05) is 35.9 Å². The van der Waals surface area contributed by atoms with Crippen molar-refractivity contribution in [3.63, 3.8) is 0 Å². The lowest BCUT2D eigenvalue weighted by atomic mass is 9.86. The lowest BCUT2D eigenvalue weighted by Gasteiger charge is -2.29. The van der Waals surface area contributed by atoms with Gasteiger partial charge in [0.2, 0.25) is 0 Å². The number of aromatic nitrogens is 3. The summed E-state index contributed by atoms with van der Waals surface area (Å²) in [6.45, 7) is 0.153. The van der Waals surface area contributed by atoms with E-state index in [1.165, 1.54) is 29.5 Å². The molecule has 3 aromatic rings. The number of hydrogen-bond donors (Lipinski definition) is 1. The number of benzene rings is 2. The van der Waals surface area contributed by atoms with Crippen LogP contribution in [0, 0.1) is 5.82 Å². The van der Waals surface area contributed by atoms with Crippen molar-refractivity contribution in [3.8, 4) is 0 Å². The maximum atomic E-state index is 13.2. The predicted octanol–water partition coefficient (Wildman–Crippen LogP) is 3.01. The zero-order valence-corrected chi connectivity index (χ0v) is 12.3. The molecule has 0 bridgehead atoms. The van der Waals surface area contributed by atoms with Gasteiger partial charge >= 0.3 is 0 Å². The Labute approximate surface area is 131 Å². The molecule has 0 aliphatic heterocycles. The van der Waals surface area contributed by atoms with Crippen molar-refractivity contribution in [2.45, 2.75) is 12.1 Å². The molecular weight excluding hydrogens is 305 g/mol. The second-order valence-electron chi connectivity index (χ2n) is 4.97. The number of aliphatic hydroxyl groups is 1. The Hall–Kier alpha value is -2.24. The summed E-state index contributed by atoms with van der Waals surface area (Å²) in [5, 5.41) is 15.9. The topological polar surface area (TPSA) is 50.9 Å². The lowest BCUT2D eigenvalue weighted by molar-refractivity contribution is 0.0572. The molecule has 0 radical (unpaired) electrons. The summed E-state index contributed by atoms with van der Waals surface area (Å²) in [5.74, 6) is -0.358. The molecule has 0 saturated carbocycles. The van der Waals surface area contributed by atoms with Crippen LogP contribution in [0.3, 0.4) is 0 Å². The van der Waals surface area contributed by atoms with Crippen LogP contribution in [0.25, 0.3) is 0 Å². The highest BCUT2D eigenvalue weighted by atomic mass is 35.5. The summed E-state index contributed by atoms with van der Waals surface area (Å²) in [6.07, 6.45) is 2.91. The first kappa shape index (κ1) is 14.7. The van der Waals surface area contributed by atoms with E-state index in [2.05, 4.69) is 10.1 Å². The van der Waals surface area contributed by atoms with Crippen molar-refractivity contribution in [3.05, 3.63) is 83.2 Å². The highest BCUT2D eigenvalue weighted by Gasteiger charge is 2.32. The molecule has 112 valence electrons. The van der Waals surface area contributed by atoms with Crippen LogP contribution in [0.5, 0.6) is 0 Å². The van der Waals surface area contributed by atoms with Gasteiger partial charge in [0.25, 0.3) is 0 Å². The van der Waals surface area contributed by atoms with Gasteiger partial charge in [-0.15, -0.1) is 0 Å². The fourth-order valence-corrected chi connectivity index (χ4v) is 2.48. The molecule has 1 heterocycles. The van der Waals surface area contributed by atoms with E-state index in [0.29, 0.717) is 16.1 Å². The van der Waals surface area contributed by atoms with Gasteiger partial charge in [0.1, 0.15) is 24.1 Å². The van der Waals surface area contributed by atoms with E-state index < -0.39 is 5.60 Å². The van der Waals surface area contributed by atoms with Gasteiger partial charge in [0.05, 0.1) is 6.54 Å². The standard InChI is InChI=1S/C16H13ClFN3O/c17-14-5-1-12(2-6-14)16(22,9-21-11-19-10-20-21)13-3-7-15(18)8-4-13/h1-8,10-11,22H,9H2/t16-/m1/s1. The van der Waals surface area contributed by atoms with Crippen LogP contribution in [0.1, 0.15) is 11.1 Å². The molecular formula is C16H13ClFN3O. The first-order chi connectivity index (χ1) is 10.6. The van der Waals surface area contributed by atoms with Crippen molar-refractivity contribution >= 4 is 11.6 Å². The molecule has 4 nitrogen and oxygen atoms in total. The fourth-order valence-electron chi connectivity index (χ4n) is 2.35. The normalized spacial score (nSPS) is 13.8. The third-order valence-electron chi connectivity index (χ3n) is 3.50. The quantitative estimate of drug-likeness (QED) is 0.804. The Balaban J connectivity index is 2.08. The van der Waals surface area contributed by atoms with E-state index in [1.54, 1.807) is 36.4 Å². The summed E-state index contributed by atoms with van der Waals surface area (Å²) in [4.78, 5) is 3.88. The molecule has 6 heteroatoms. The van der Waals surface area contributed by atoms with E-state index in [1.807, 2.05) is 0 Å². The second-order valence-corrected chi connectivity index (χ2v) is 5.40. The highest BCUT2D eigenvalue weighted by Crippen LogP contribution is 2.32. The smallest absolute Gasteiger partial charge is 0.137 e. The van der Waals surface area contributed by atoms with Crippen LogP contribution >= 0.6 is 11.6 Å². The lowest BCUT2D eigenvalue weighted by Crippen LogP contribution is -2.33. The van der Waals surface area contributed by atoms with Crippen LogP contribution in [0.2, 0.25) is 5.02 Å². The first-order valence-corrected chi connectivity index (χ1v) is 7.02. The molecule has 1 aromatic heterocycles. The first-order valence-electron chi connectivity index (χ1n) is 6.65. The summed E-state index contributed by atoms with van der Waals surface area (Å²) >= 11 is 5.91. The molecule has 0 saturated heterocycles. The monoisotopic (exact) mass is 317 g/mol. The maximum Gasteiger partial charge on any atom is 0.137 e.